The van der Waals surface area contributed by atoms with Crippen molar-refractivity contribution in [3.8, 4) is 11.5 Å². The zero-order valence-electron chi connectivity index (χ0n) is 20.4. The van der Waals surface area contributed by atoms with Crippen molar-refractivity contribution >= 4 is 39.6 Å². The summed E-state index contributed by atoms with van der Waals surface area (Å²) < 4.78 is 17.2. The van der Waals surface area contributed by atoms with Gasteiger partial charge in [-0.05, 0) is 47.4 Å². The number of rotatable bonds is 9. The predicted molar refractivity (Wildman–Crippen MR) is 148 cm³/mol. The quantitative estimate of drug-likeness (QED) is 0.325. The number of hydrogen-bond acceptors (Lipinski definition) is 7. The first-order valence-corrected chi connectivity index (χ1v) is 13.0. The zero-order valence-corrected chi connectivity index (χ0v) is 21.2. The number of aliphatic hydroxyl groups excluding tert-OH is 1. The molecule has 7 heteroatoms. The fraction of sp³-hybridized carbons (Fsp3) is 0.276. The van der Waals surface area contributed by atoms with Crippen molar-refractivity contribution in [1.82, 2.24) is 9.27 Å². The Morgan fingerprint density at radius 1 is 0.972 bits per heavy atom. The molecule has 1 N–H and O–H groups in total. The van der Waals surface area contributed by atoms with Crippen LogP contribution in [0.2, 0.25) is 0 Å². The fourth-order valence-corrected chi connectivity index (χ4v) is 5.26. The van der Waals surface area contributed by atoms with Crippen molar-refractivity contribution in [2.75, 3.05) is 51.3 Å². The average molecular weight is 502 g/mol. The second kappa shape index (κ2) is 11.6. The van der Waals surface area contributed by atoms with Gasteiger partial charge in [-0.3, -0.25) is 4.90 Å². The third-order valence-electron chi connectivity index (χ3n) is 6.40. The van der Waals surface area contributed by atoms with Crippen molar-refractivity contribution in [3.05, 3.63) is 83.9 Å². The van der Waals surface area contributed by atoms with E-state index in [9.17, 15) is 5.11 Å². The van der Waals surface area contributed by atoms with Crippen LogP contribution in [-0.4, -0.2) is 66.9 Å². The van der Waals surface area contributed by atoms with E-state index in [1.807, 2.05) is 60.7 Å². The molecule has 1 aliphatic heterocycles. The van der Waals surface area contributed by atoms with Gasteiger partial charge in [0.25, 0.3) is 0 Å². The lowest BCUT2D eigenvalue weighted by molar-refractivity contribution is 0.0662. The van der Waals surface area contributed by atoms with Crippen LogP contribution in [0.1, 0.15) is 11.1 Å². The number of para-hydroxylation sites is 1. The van der Waals surface area contributed by atoms with Gasteiger partial charge in [0.15, 0.2) is 0 Å². The molecule has 0 amide bonds. The van der Waals surface area contributed by atoms with Crippen LogP contribution < -0.4 is 14.4 Å². The second-order valence-electron chi connectivity index (χ2n) is 8.90. The monoisotopic (exact) mass is 501 g/mol. The van der Waals surface area contributed by atoms with Crippen LogP contribution in [0, 0.1) is 0 Å². The first kappa shape index (κ1) is 24.3. The molecule has 186 valence electrons. The molecule has 2 heterocycles. The molecule has 0 bridgehead atoms. The van der Waals surface area contributed by atoms with Gasteiger partial charge >= 0.3 is 0 Å². The normalized spacial score (nSPS) is 15.4. The maximum Gasteiger partial charge on any atom is 0.150 e. The maximum atomic E-state index is 10.7. The molecule has 1 aromatic heterocycles. The van der Waals surface area contributed by atoms with E-state index in [2.05, 4.69) is 38.4 Å². The summed E-state index contributed by atoms with van der Waals surface area (Å²) in [5, 5.41) is 11.9. The molecule has 3 aromatic carbocycles. The number of benzene rings is 3. The lowest BCUT2D eigenvalue weighted by Crippen LogP contribution is -2.49. The molecule has 5 rings (SSSR count). The van der Waals surface area contributed by atoms with Crippen LogP contribution >= 0.6 is 11.5 Å². The summed E-state index contributed by atoms with van der Waals surface area (Å²) in [4.78, 5) is 4.65. The molecular formula is C29H31N3O3S. The van der Waals surface area contributed by atoms with Gasteiger partial charge in [-0.2, -0.15) is 4.37 Å². The summed E-state index contributed by atoms with van der Waals surface area (Å²) in [6.07, 6.45) is 3.50. The van der Waals surface area contributed by atoms with Crippen LogP contribution in [0.3, 0.4) is 0 Å². The van der Waals surface area contributed by atoms with Crippen molar-refractivity contribution in [2.24, 2.45) is 0 Å². The lowest BCUT2D eigenvalue weighted by atomic mass is 10.1. The van der Waals surface area contributed by atoms with Crippen LogP contribution in [0.4, 0.5) is 5.82 Å². The summed E-state index contributed by atoms with van der Waals surface area (Å²) in [6, 6.07) is 24.2. The Bertz CT molecular complexity index is 1310. The third-order valence-corrected chi connectivity index (χ3v) is 7.22. The van der Waals surface area contributed by atoms with E-state index in [4.69, 9.17) is 9.47 Å². The Hall–Kier alpha value is -3.39. The Morgan fingerprint density at radius 2 is 1.78 bits per heavy atom. The minimum atomic E-state index is -0.563. The molecule has 4 aromatic rings. The van der Waals surface area contributed by atoms with Crippen LogP contribution in [-0.2, 0) is 0 Å². The first-order chi connectivity index (χ1) is 17.7. The van der Waals surface area contributed by atoms with Gasteiger partial charge in [-0.15, -0.1) is 0 Å². The fourth-order valence-electron chi connectivity index (χ4n) is 4.46. The van der Waals surface area contributed by atoms with Crippen molar-refractivity contribution < 1.29 is 14.6 Å². The van der Waals surface area contributed by atoms with Crippen molar-refractivity contribution in [1.29, 1.82) is 0 Å². The summed E-state index contributed by atoms with van der Waals surface area (Å²) in [5.74, 6) is 2.67. The summed E-state index contributed by atoms with van der Waals surface area (Å²) in [7, 11) is 1.67. The van der Waals surface area contributed by atoms with E-state index in [0.29, 0.717) is 6.54 Å². The largest absolute Gasteiger partial charge is 0.497 e. The Labute approximate surface area is 216 Å². The lowest BCUT2D eigenvalue weighted by Gasteiger charge is -2.35. The number of anilines is 1. The standard InChI is InChI=1S/C29H31N3O3S/c1-34-25-9-6-7-22(19-25)13-14-23-8-2-4-11-27(23)35-21-24(33)20-31-15-17-32(18-16-31)29-26-10-3-5-12-28(26)36-30-29/h2-14,19,24,33H,15-18,20-21H2,1H3/b14-13+. The molecule has 1 saturated heterocycles. The number of aromatic nitrogens is 1. The molecule has 0 spiro atoms. The van der Waals surface area contributed by atoms with E-state index in [1.54, 1.807) is 18.6 Å². The topological polar surface area (TPSA) is 58.1 Å². The summed E-state index contributed by atoms with van der Waals surface area (Å²) in [6.45, 7) is 4.43. The van der Waals surface area contributed by atoms with E-state index in [-0.39, 0.29) is 6.61 Å². The van der Waals surface area contributed by atoms with E-state index in [1.165, 1.54) is 10.1 Å². The minimum absolute atomic E-state index is 0.251. The Morgan fingerprint density at radius 3 is 2.64 bits per heavy atom. The molecule has 36 heavy (non-hydrogen) atoms. The zero-order chi connectivity index (χ0) is 24.7. The van der Waals surface area contributed by atoms with Crippen molar-refractivity contribution in [3.63, 3.8) is 0 Å². The van der Waals surface area contributed by atoms with E-state index < -0.39 is 6.10 Å². The number of hydrogen-bond donors (Lipinski definition) is 1. The molecule has 0 aliphatic carbocycles. The molecular weight excluding hydrogens is 470 g/mol. The van der Waals surface area contributed by atoms with Crippen LogP contribution in [0.15, 0.2) is 72.8 Å². The summed E-state index contributed by atoms with van der Waals surface area (Å²) in [5.41, 5.74) is 2.02. The van der Waals surface area contributed by atoms with Gasteiger partial charge < -0.3 is 19.5 Å². The van der Waals surface area contributed by atoms with E-state index >= 15 is 0 Å². The highest BCUT2D eigenvalue weighted by Gasteiger charge is 2.22. The first-order valence-electron chi connectivity index (χ1n) is 12.2. The van der Waals surface area contributed by atoms with Crippen LogP contribution in [0.25, 0.3) is 22.2 Å². The van der Waals surface area contributed by atoms with Crippen LogP contribution in [0.5, 0.6) is 11.5 Å². The Kier molecular flexibility index (Phi) is 7.81. The Balaban J connectivity index is 1.13. The predicted octanol–water partition coefficient (Wildman–Crippen LogP) is 5.04. The van der Waals surface area contributed by atoms with Gasteiger partial charge in [-0.25, -0.2) is 0 Å². The number of aliphatic hydroxyl groups is 1. The number of nitrogens with zero attached hydrogens (tertiary/aromatic N) is 3. The highest BCUT2D eigenvalue weighted by molar-refractivity contribution is 7.13. The van der Waals surface area contributed by atoms with Gasteiger partial charge in [0.05, 0.1) is 11.8 Å². The minimum Gasteiger partial charge on any atom is -0.497 e. The average Bonchev–Trinajstić information content (AvgIpc) is 3.36. The van der Waals surface area contributed by atoms with Gasteiger partial charge in [0.1, 0.15) is 30.0 Å². The number of β-amino-alcohol motifs (C(OH)–C–C–N with tert-alkyl or cyclic N) is 1. The number of methoxy groups -OCH3 is 1. The van der Waals surface area contributed by atoms with Crippen molar-refractivity contribution in [2.45, 2.75) is 6.10 Å². The van der Waals surface area contributed by atoms with Gasteiger partial charge in [0, 0.05) is 43.7 Å². The molecule has 1 unspecified atom stereocenters. The highest BCUT2D eigenvalue weighted by atomic mass is 32.1. The smallest absolute Gasteiger partial charge is 0.150 e. The molecule has 0 saturated carbocycles. The molecule has 1 aliphatic rings. The SMILES string of the molecule is COc1cccc(/C=C/c2ccccc2OCC(O)CN2CCN(c3nsc4ccccc34)CC2)c1. The molecule has 1 fully saturated rings. The highest BCUT2D eigenvalue weighted by Crippen LogP contribution is 2.30. The summed E-state index contributed by atoms with van der Waals surface area (Å²) >= 11 is 1.56. The number of fused-ring (bicyclic) bond motifs is 1. The molecule has 0 radical (unpaired) electrons. The number of ether oxygens (including phenoxy) is 2. The third kappa shape index (κ3) is 5.87. The second-order valence-corrected chi connectivity index (χ2v) is 9.71. The van der Waals surface area contributed by atoms with Gasteiger partial charge in [-0.1, -0.05) is 54.6 Å². The van der Waals surface area contributed by atoms with Gasteiger partial charge in [0.2, 0.25) is 0 Å². The molecule has 1 atom stereocenters. The maximum absolute atomic E-state index is 10.7. The van der Waals surface area contributed by atoms with E-state index in [0.717, 1.165) is 54.6 Å². The number of piperazine rings is 1. The molecule has 6 nitrogen and oxygen atoms in total.